The van der Waals surface area contributed by atoms with E-state index in [9.17, 15) is 0 Å². The zero-order valence-electron chi connectivity index (χ0n) is 11.2. The Morgan fingerprint density at radius 1 is 1.44 bits per heavy atom. The molecule has 0 heterocycles. The van der Waals surface area contributed by atoms with Crippen LogP contribution in [0.25, 0.3) is 0 Å². The van der Waals surface area contributed by atoms with E-state index in [0.29, 0.717) is 6.61 Å². The predicted octanol–water partition coefficient (Wildman–Crippen LogP) is 3.52. The Morgan fingerprint density at radius 2 is 2.17 bits per heavy atom. The van der Waals surface area contributed by atoms with Crippen LogP contribution in [-0.2, 0) is 6.54 Å². The number of methoxy groups -OCH3 is 1. The van der Waals surface area contributed by atoms with Gasteiger partial charge in [-0.05, 0) is 52.7 Å². The molecular formula is C14H20BrNO2. The summed E-state index contributed by atoms with van der Waals surface area (Å²) in [4.78, 5) is 0. The van der Waals surface area contributed by atoms with Crippen LogP contribution >= 0.6 is 15.9 Å². The van der Waals surface area contributed by atoms with E-state index in [1.165, 1.54) is 0 Å². The molecule has 0 spiro atoms. The molecule has 0 saturated carbocycles. The number of rotatable bonds is 7. The standard InChI is InChI=1S/C14H20BrNO2/c1-5-16-8-11-6-12(15)14(13(7-11)17-4)18-9-10(2)3/h6-7,16H,2,5,8-9H2,1,3-4H3. The fourth-order valence-electron chi connectivity index (χ4n) is 1.48. The third-order valence-corrected chi connectivity index (χ3v) is 2.92. The molecule has 1 aromatic carbocycles. The van der Waals surface area contributed by atoms with Crippen molar-refractivity contribution in [2.75, 3.05) is 20.3 Å². The van der Waals surface area contributed by atoms with Crippen molar-refractivity contribution in [1.29, 1.82) is 0 Å². The minimum atomic E-state index is 0.488. The van der Waals surface area contributed by atoms with Crippen LogP contribution < -0.4 is 14.8 Å². The van der Waals surface area contributed by atoms with Crippen LogP contribution in [0, 0.1) is 0 Å². The van der Waals surface area contributed by atoms with Crippen LogP contribution in [0.1, 0.15) is 19.4 Å². The van der Waals surface area contributed by atoms with Gasteiger partial charge in [-0.3, -0.25) is 0 Å². The van der Waals surface area contributed by atoms with E-state index in [1.54, 1.807) is 7.11 Å². The Labute approximate surface area is 117 Å². The summed E-state index contributed by atoms with van der Waals surface area (Å²) >= 11 is 3.52. The summed E-state index contributed by atoms with van der Waals surface area (Å²) in [6.45, 7) is 10.1. The van der Waals surface area contributed by atoms with Gasteiger partial charge in [0.05, 0.1) is 11.6 Å². The average molecular weight is 314 g/mol. The van der Waals surface area contributed by atoms with Gasteiger partial charge in [-0.1, -0.05) is 13.5 Å². The first-order chi connectivity index (χ1) is 8.58. The molecule has 0 saturated heterocycles. The molecule has 0 aliphatic heterocycles. The summed E-state index contributed by atoms with van der Waals surface area (Å²) in [6, 6.07) is 4.03. The van der Waals surface area contributed by atoms with E-state index in [0.717, 1.165) is 40.2 Å². The highest BCUT2D eigenvalue weighted by Crippen LogP contribution is 2.36. The van der Waals surface area contributed by atoms with Gasteiger partial charge in [0, 0.05) is 6.54 Å². The summed E-state index contributed by atoms with van der Waals surface area (Å²) in [6.07, 6.45) is 0. The van der Waals surface area contributed by atoms with Gasteiger partial charge >= 0.3 is 0 Å². The molecule has 0 aromatic heterocycles. The van der Waals surface area contributed by atoms with E-state index in [-0.39, 0.29) is 0 Å². The Morgan fingerprint density at radius 3 is 2.72 bits per heavy atom. The van der Waals surface area contributed by atoms with Gasteiger partial charge in [0.15, 0.2) is 11.5 Å². The molecule has 0 aliphatic rings. The number of hydrogen-bond donors (Lipinski definition) is 1. The van der Waals surface area contributed by atoms with E-state index in [1.807, 2.05) is 19.1 Å². The molecule has 0 aliphatic carbocycles. The van der Waals surface area contributed by atoms with Crippen molar-refractivity contribution in [3.8, 4) is 11.5 Å². The van der Waals surface area contributed by atoms with Crippen LogP contribution in [-0.4, -0.2) is 20.3 Å². The maximum atomic E-state index is 5.69. The predicted molar refractivity (Wildman–Crippen MR) is 78.4 cm³/mol. The van der Waals surface area contributed by atoms with Gasteiger partial charge in [0.2, 0.25) is 0 Å². The molecule has 1 N–H and O–H groups in total. The first-order valence-electron chi connectivity index (χ1n) is 5.92. The lowest BCUT2D eigenvalue weighted by molar-refractivity contribution is 0.317. The minimum Gasteiger partial charge on any atom is -0.493 e. The smallest absolute Gasteiger partial charge is 0.175 e. The van der Waals surface area contributed by atoms with Crippen LogP contribution in [0.15, 0.2) is 28.8 Å². The van der Waals surface area contributed by atoms with E-state index >= 15 is 0 Å². The van der Waals surface area contributed by atoms with E-state index < -0.39 is 0 Å². The second kappa shape index (κ2) is 7.44. The zero-order valence-corrected chi connectivity index (χ0v) is 12.8. The van der Waals surface area contributed by atoms with Gasteiger partial charge < -0.3 is 14.8 Å². The number of hydrogen-bond acceptors (Lipinski definition) is 3. The van der Waals surface area contributed by atoms with E-state index in [2.05, 4.69) is 34.7 Å². The minimum absolute atomic E-state index is 0.488. The molecule has 1 rings (SSSR count). The lowest BCUT2D eigenvalue weighted by Gasteiger charge is -2.14. The summed E-state index contributed by atoms with van der Waals surface area (Å²) in [7, 11) is 1.65. The third-order valence-electron chi connectivity index (χ3n) is 2.33. The van der Waals surface area contributed by atoms with Crippen molar-refractivity contribution in [2.45, 2.75) is 20.4 Å². The maximum absolute atomic E-state index is 5.69. The van der Waals surface area contributed by atoms with Gasteiger partial charge in [-0.15, -0.1) is 0 Å². The zero-order chi connectivity index (χ0) is 13.5. The fourth-order valence-corrected chi connectivity index (χ4v) is 2.08. The van der Waals surface area contributed by atoms with Crippen molar-refractivity contribution < 1.29 is 9.47 Å². The Hall–Kier alpha value is -1.00. The molecule has 1 aromatic rings. The molecule has 0 unspecified atom stereocenters. The van der Waals surface area contributed by atoms with Crippen molar-refractivity contribution in [3.05, 3.63) is 34.3 Å². The quantitative estimate of drug-likeness (QED) is 0.781. The van der Waals surface area contributed by atoms with Crippen molar-refractivity contribution >= 4 is 15.9 Å². The normalized spacial score (nSPS) is 10.2. The maximum Gasteiger partial charge on any atom is 0.175 e. The van der Waals surface area contributed by atoms with Gasteiger partial charge in [-0.2, -0.15) is 0 Å². The Kier molecular flexibility index (Phi) is 6.22. The fraction of sp³-hybridized carbons (Fsp3) is 0.429. The molecule has 0 fully saturated rings. The van der Waals surface area contributed by atoms with Crippen molar-refractivity contribution in [1.82, 2.24) is 5.32 Å². The molecule has 0 atom stereocenters. The summed E-state index contributed by atoms with van der Waals surface area (Å²) < 4.78 is 12.0. The molecule has 4 heteroatoms. The van der Waals surface area contributed by atoms with Gasteiger partial charge in [0.1, 0.15) is 6.61 Å². The molecular weight excluding hydrogens is 294 g/mol. The summed E-state index contributed by atoms with van der Waals surface area (Å²) in [5, 5.41) is 3.28. The summed E-state index contributed by atoms with van der Waals surface area (Å²) in [5.74, 6) is 1.46. The Balaban J connectivity index is 2.92. The highest BCUT2D eigenvalue weighted by Gasteiger charge is 2.11. The first-order valence-corrected chi connectivity index (χ1v) is 6.72. The van der Waals surface area contributed by atoms with Crippen molar-refractivity contribution in [3.63, 3.8) is 0 Å². The molecule has 18 heavy (non-hydrogen) atoms. The SMILES string of the molecule is C=C(C)COc1c(Br)cc(CNCC)cc1OC. The number of nitrogens with one attached hydrogen (secondary N) is 1. The lowest BCUT2D eigenvalue weighted by Crippen LogP contribution is -2.12. The molecule has 100 valence electrons. The number of benzene rings is 1. The van der Waals surface area contributed by atoms with Crippen molar-refractivity contribution in [2.24, 2.45) is 0 Å². The van der Waals surface area contributed by atoms with Gasteiger partial charge in [-0.25, -0.2) is 0 Å². The van der Waals surface area contributed by atoms with Crippen LogP contribution in [0.3, 0.4) is 0 Å². The van der Waals surface area contributed by atoms with Crippen LogP contribution in [0.4, 0.5) is 0 Å². The average Bonchev–Trinajstić information content (AvgIpc) is 2.34. The molecule has 3 nitrogen and oxygen atoms in total. The molecule has 0 amide bonds. The number of halogens is 1. The molecule has 0 radical (unpaired) electrons. The monoisotopic (exact) mass is 313 g/mol. The lowest BCUT2D eigenvalue weighted by atomic mass is 10.2. The highest BCUT2D eigenvalue weighted by atomic mass is 79.9. The largest absolute Gasteiger partial charge is 0.493 e. The van der Waals surface area contributed by atoms with E-state index in [4.69, 9.17) is 9.47 Å². The Bertz CT molecular complexity index is 419. The van der Waals surface area contributed by atoms with Gasteiger partial charge in [0.25, 0.3) is 0 Å². The van der Waals surface area contributed by atoms with Crippen LogP contribution in [0.5, 0.6) is 11.5 Å². The second-order valence-electron chi connectivity index (χ2n) is 4.14. The highest BCUT2D eigenvalue weighted by molar-refractivity contribution is 9.10. The second-order valence-corrected chi connectivity index (χ2v) is 4.99. The number of ether oxygens (including phenoxy) is 2. The summed E-state index contributed by atoms with van der Waals surface area (Å²) in [5.41, 5.74) is 2.13. The van der Waals surface area contributed by atoms with Crippen LogP contribution in [0.2, 0.25) is 0 Å². The third kappa shape index (κ3) is 4.35. The molecule has 0 bridgehead atoms. The first kappa shape index (κ1) is 15.1. The topological polar surface area (TPSA) is 30.5 Å².